The van der Waals surface area contributed by atoms with E-state index in [-0.39, 0.29) is 10.0 Å². The van der Waals surface area contributed by atoms with Gasteiger partial charge in [-0.2, -0.15) is 4.31 Å². The zero-order chi connectivity index (χ0) is 25.6. The maximum absolute atomic E-state index is 13.6. The normalized spacial score (nSPS) is 12.1. The van der Waals surface area contributed by atoms with Gasteiger partial charge < -0.3 is 9.84 Å². The molecule has 6 nitrogen and oxygen atoms in total. The smallest absolute Gasteiger partial charge is 0.347 e. The molecule has 0 aliphatic carbocycles. The number of aryl methyl sites for hydroxylation is 1. The van der Waals surface area contributed by atoms with Crippen molar-refractivity contribution in [2.24, 2.45) is 0 Å². The molecule has 1 heterocycles. The summed E-state index contributed by atoms with van der Waals surface area (Å²) in [5.74, 6) is -0.950. The van der Waals surface area contributed by atoms with Crippen molar-refractivity contribution in [3.63, 3.8) is 0 Å². The Kier molecular flexibility index (Phi) is 8.69. The van der Waals surface area contributed by atoms with Crippen LogP contribution in [0.1, 0.15) is 39.2 Å². The van der Waals surface area contributed by atoms with E-state index in [0.717, 1.165) is 16.9 Å². The first kappa shape index (κ1) is 26.8. The lowest BCUT2D eigenvalue weighted by molar-refractivity contribution is -0.152. The van der Waals surface area contributed by atoms with Crippen molar-refractivity contribution in [1.29, 1.82) is 0 Å². The number of carbonyl (C=O) groups is 1. The van der Waals surface area contributed by atoms with Crippen LogP contribution in [0.2, 0.25) is 0 Å². The number of benzene rings is 2. The predicted octanol–water partition coefficient (Wildman–Crippen LogP) is 5.83. The fraction of sp³-hybridized carbons (Fsp3) is 0.346. The molecular weight excluding hydrogens is 489 g/mol. The van der Waals surface area contributed by atoms with Gasteiger partial charge in [-0.1, -0.05) is 31.2 Å². The fourth-order valence-electron chi connectivity index (χ4n) is 3.51. The number of aliphatic carboxylic acids is 1. The van der Waals surface area contributed by atoms with Crippen molar-refractivity contribution in [3.8, 4) is 16.2 Å². The SMILES string of the molecule is CCCN(CCCc1ccc(OC(C)(C)C(=O)O)cc1)S(=O)(=O)c1ccc(-c2cccc(F)c2)s1. The summed E-state index contributed by atoms with van der Waals surface area (Å²) in [6.07, 6.45) is 1.98. The van der Waals surface area contributed by atoms with E-state index in [9.17, 15) is 22.7 Å². The first-order chi connectivity index (χ1) is 16.5. The van der Waals surface area contributed by atoms with Gasteiger partial charge in [0, 0.05) is 18.0 Å². The van der Waals surface area contributed by atoms with Crippen LogP contribution >= 0.6 is 11.3 Å². The topological polar surface area (TPSA) is 83.9 Å². The Morgan fingerprint density at radius 1 is 1.09 bits per heavy atom. The van der Waals surface area contributed by atoms with Crippen molar-refractivity contribution >= 4 is 27.3 Å². The highest BCUT2D eigenvalue weighted by Crippen LogP contribution is 2.33. The van der Waals surface area contributed by atoms with E-state index in [0.29, 0.717) is 48.5 Å². The molecule has 2 aromatic carbocycles. The number of rotatable bonds is 12. The summed E-state index contributed by atoms with van der Waals surface area (Å²) in [4.78, 5) is 11.9. The summed E-state index contributed by atoms with van der Waals surface area (Å²) in [5, 5.41) is 9.19. The molecule has 3 rings (SSSR count). The fourth-order valence-corrected chi connectivity index (χ4v) is 6.53. The van der Waals surface area contributed by atoms with Crippen molar-refractivity contribution in [2.75, 3.05) is 13.1 Å². The lowest BCUT2D eigenvalue weighted by Crippen LogP contribution is -2.37. The average Bonchev–Trinajstić information content (AvgIpc) is 3.31. The molecule has 0 fully saturated rings. The number of ether oxygens (including phenoxy) is 1. The van der Waals surface area contributed by atoms with Crippen LogP contribution < -0.4 is 4.74 Å². The Labute approximate surface area is 210 Å². The molecule has 0 atom stereocenters. The Hall–Kier alpha value is -2.75. The number of carboxylic acids is 1. The van der Waals surface area contributed by atoms with Crippen LogP contribution in [0.15, 0.2) is 64.9 Å². The summed E-state index contributed by atoms with van der Waals surface area (Å²) in [5.41, 5.74) is 0.328. The minimum absolute atomic E-state index is 0.243. The van der Waals surface area contributed by atoms with E-state index in [1.54, 1.807) is 36.4 Å². The standard InChI is InChI=1S/C26H30FNO5S2/c1-4-16-28(17-6-7-19-10-12-22(13-11-19)33-26(2,3)25(29)30)35(31,32)24-15-14-23(34-24)20-8-5-9-21(27)18-20/h5,8-15,18H,4,6-7,16-17H2,1-3H3,(H,29,30). The minimum Gasteiger partial charge on any atom is -0.478 e. The first-order valence-corrected chi connectivity index (χ1v) is 13.7. The van der Waals surface area contributed by atoms with Crippen LogP contribution in [0.3, 0.4) is 0 Å². The van der Waals surface area contributed by atoms with E-state index in [1.807, 2.05) is 19.1 Å². The van der Waals surface area contributed by atoms with Crippen LogP contribution in [0.4, 0.5) is 4.39 Å². The first-order valence-electron chi connectivity index (χ1n) is 11.4. The highest BCUT2D eigenvalue weighted by atomic mass is 32.2. The summed E-state index contributed by atoms with van der Waals surface area (Å²) < 4.78 is 47.5. The quantitative estimate of drug-likeness (QED) is 0.326. The number of carboxylic acid groups (broad SMARTS) is 1. The van der Waals surface area contributed by atoms with Gasteiger partial charge in [0.25, 0.3) is 10.0 Å². The summed E-state index contributed by atoms with van der Waals surface area (Å²) in [7, 11) is -3.67. The average molecular weight is 520 g/mol. The third-order valence-electron chi connectivity index (χ3n) is 5.44. The van der Waals surface area contributed by atoms with Gasteiger partial charge in [-0.15, -0.1) is 11.3 Å². The molecule has 0 spiro atoms. The lowest BCUT2D eigenvalue weighted by Gasteiger charge is -2.22. The van der Waals surface area contributed by atoms with Crippen LogP contribution in [0, 0.1) is 5.82 Å². The van der Waals surface area contributed by atoms with Gasteiger partial charge in [-0.05, 0) is 80.6 Å². The van der Waals surface area contributed by atoms with Crippen molar-refractivity contribution in [3.05, 3.63) is 72.0 Å². The zero-order valence-corrected chi connectivity index (χ0v) is 21.7. The minimum atomic E-state index is -3.67. The molecule has 0 unspecified atom stereocenters. The molecule has 1 N–H and O–H groups in total. The number of hydrogen-bond acceptors (Lipinski definition) is 5. The van der Waals surface area contributed by atoms with Crippen molar-refractivity contribution in [2.45, 2.75) is 49.8 Å². The van der Waals surface area contributed by atoms with Gasteiger partial charge in [0.15, 0.2) is 5.60 Å². The van der Waals surface area contributed by atoms with E-state index >= 15 is 0 Å². The molecule has 188 valence electrons. The Balaban J connectivity index is 1.64. The van der Waals surface area contributed by atoms with Crippen LogP contribution in [-0.4, -0.2) is 42.5 Å². The monoisotopic (exact) mass is 519 g/mol. The predicted molar refractivity (Wildman–Crippen MR) is 136 cm³/mol. The summed E-state index contributed by atoms with van der Waals surface area (Å²) in [6.45, 7) is 5.69. The summed E-state index contributed by atoms with van der Waals surface area (Å²) in [6, 6.07) is 16.6. The van der Waals surface area contributed by atoms with Gasteiger partial charge in [-0.3, -0.25) is 0 Å². The maximum Gasteiger partial charge on any atom is 0.347 e. The zero-order valence-electron chi connectivity index (χ0n) is 20.0. The molecule has 3 aromatic rings. The molecule has 0 saturated carbocycles. The highest BCUT2D eigenvalue weighted by molar-refractivity contribution is 7.91. The number of hydrogen-bond donors (Lipinski definition) is 1. The largest absolute Gasteiger partial charge is 0.478 e. The second-order valence-electron chi connectivity index (χ2n) is 8.70. The number of halogens is 1. The Bertz CT molecular complexity index is 1250. The molecule has 0 aliphatic heterocycles. The van der Waals surface area contributed by atoms with E-state index in [1.165, 1.54) is 30.3 Å². The number of nitrogens with zero attached hydrogens (tertiary/aromatic N) is 1. The molecule has 0 amide bonds. The highest BCUT2D eigenvalue weighted by Gasteiger charge is 2.29. The third kappa shape index (κ3) is 6.90. The number of thiophene rings is 1. The molecule has 0 saturated heterocycles. The van der Waals surface area contributed by atoms with E-state index in [4.69, 9.17) is 4.74 Å². The number of sulfonamides is 1. The van der Waals surface area contributed by atoms with Gasteiger partial charge in [-0.25, -0.2) is 17.6 Å². The molecule has 9 heteroatoms. The van der Waals surface area contributed by atoms with Crippen LogP contribution in [-0.2, 0) is 21.2 Å². The Morgan fingerprint density at radius 3 is 2.43 bits per heavy atom. The van der Waals surface area contributed by atoms with Gasteiger partial charge >= 0.3 is 5.97 Å². The van der Waals surface area contributed by atoms with Crippen molar-refractivity contribution in [1.82, 2.24) is 4.31 Å². The maximum atomic E-state index is 13.6. The van der Waals surface area contributed by atoms with Gasteiger partial charge in [0.1, 0.15) is 15.8 Å². The van der Waals surface area contributed by atoms with Crippen LogP contribution in [0.25, 0.3) is 10.4 Å². The second-order valence-corrected chi connectivity index (χ2v) is 11.9. The molecule has 1 aromatic heterocycles. The van der Waals surface area contributed by atoms with Crippen molar-refractivity contribution < 1.29 is 27.4 Å². The Morgan fingerprint density at radius 2 is 1.80 bits per heavy atom. The third-order valence-corrected chi connectivity index (χ3v) is 8.94. The summed E-state index contributed by atoms with van der Waals surface area (Å²) >= 11 is 1.14. The molecule has 35 heavy (non-hydrogen) atoms. The van der Waals surface area contributed by atoms with Gasteiger partial charge in [0.2, 0.25) is 0 Å². The second kappa shape index (κ2) is 11.3. The molecule has 0 radical (unpaired) electrons. The van der Waals surface area contributed by atoms with Gasteiger partial charge in [0.05, 0.1) is 0 Å². The molecular formula is C26H30FNO5S2. The molecule has 0 aliphatic rings. The van der Waals surface area contributed by atoms with E-state index < -0.39 is 21.6 Å². The molecule has 0 bridgehead atoms. The van der Waals surface area contributed by atoms with Crippen LogP contribution in [0.5, 0.6) is 5.75 Å². The lowest BCUT2D eigenvalue weighted by atomic mass is 10.1. The van der Waals surface area contributed by atoms with E-state index in [2.05, 4.69) is 0 Å².